The SMILES string of the molecule is N#CCc1ccc(C=O)c(F)c1[N+](=O)[O-]. The van der Waals surface area contributed by atoms with Gasteiger partial charge in [0, 0.05) is 5.56 Å². The smallest absolute Gasteiger partial charge is 0.298 e. The van der Waals surface area contributed by atoms with E-state index in [0.29, 0.717) is 0 Å². The lowest BCUT2D eigenvalue weighted by molar-refractivity contribution is -0.388. The molecule has 0 aromatic heterocycles. The summed E-state index contributed by atoms with van der Waals surface area (Å²) in [6, 6.07) is 4.00. The van der Waals surface area contributed by atoms with Crippen LogP contribution in [0, 0.1) is 27.3 Å². The Morgan fingerprint density at radius 3 is 2.73 bits per heavy atom. The molecule has 0 saturated heterocycles. The molecule has 0 heterocycles. The van der Waals surface area contributed by atoms with Crippen LogP contribution in [0.5, 0.6) is 0 Å². The first-order valence-electron chi connectivity index (χ1n) is 3.89. The summed E-state index contributed by atoms with van der Waals surface area (Å²) in [6.45, 7) is 0. The molecule has 0 amide bonds. The summed E-state index contributed by atoms with van der Waals surface area (Å²) in [6.07, 6.45) is -0.0785. The third kappa shape index (κ3) is 1.96. The summed E-state index contributed by atoms with van der Waals surface area (Å²) in [7, 11) is 0. The summed E-state index contributed by atoms with van der Waals surface area (Å²) >= 11 is 0. The molecular weight excluding hydrogens is 203 g/mol. The molecule has 6 heteroatoms. The zero-order valence-electron chi connectivity index (χ0n) is 7.44. The average Bonchev–Trinajstić information content (AvgIpc) is 2.18. The molecule has 0 saturated carbocycles. The number of nitriles is 1. The topological polar surface area (TPSA) is 84.0 Å². The standard InChI is InChI=1S/C9H5FN2O3/c10-8-7(5-13)2-1-6(3-4-11)9(8)12(14)15/h1-2,5H,3H2. The van der Waals surface area contributed by atoms with Gasteiger partial charge in [-0.25, -0.2) is 0 Å². The van der Waals surface area contributed by atoms with E-state index in [1.54, 1.807) is 6.07 Å². The second-order valence-corrected chi connectivity index (χ2v) is 2.69. The summed E-state index contributed by atoms with van der Waals surface area (Å²) in [4.78, 5) is 19.9. The molecule has 5 nitrogen and oxygen atoms in total. The minimum atomic E-state index is -1.19. The number of aldehydes is 1. The Hall–Kier alpha value is -2.29. The minimum Gasteiger partial charge on any atom is -0.298 e. The third-order valence-corrected chi connectivity index (χ3v) is 1.81. The molecule has 0 unspecified atom stereocenters. The molecule has 1 aromatic rings. The first kappa shape index (κ1) is 10.8. The van der Waals surface area contributed by atoms with Gasteiger partial charge in [0.25, 0.3) is 0 Å². The summed E-state index contributed by atoms with van der Waals surface area (Å²) in [5, 5.41) is 18.9. The number of nitrogens with zero attached hydrogens (tertiary/aromatic N) is 2. The molecule has 0 aliphatic carbocycles. The fourth-order valence-corrected chi connectivity index (χ4v) is 1.14. The fourth-order valence-electron chi connectivity index (χ4n) is 1.14. The molecule has 0 atom stereocenters. The van der Waals surface area contributed by atoms with E-state index in [1.807, 2.05) is 0 Å². The lowest BCUT2D eigenvalue weighted by atomic mass is 10.1. The summed E-state index contributed by atoms with van der Waals surface area (Å²) < 4.78 is 13.3. The number of benzene rings is 1. The number of rotatable bonds is 3. The maximum Gasteiger partial charge on any atom is 0.309 e. The zero-order valence-corrected chi connectivity index (χ0v) is 7.44. The highest BCUT2D eigenvalue weighted by Crippen LogP contribution is 2.25. The molecule has 0 aliphatic heterocycles. The average molecular weight is 208 g/mol. The van der Waals surface area contributed by atoms with Gasteiger partial charge in [0.1, 0.15) is 0 Å². The number of nitro benzene ring substituents is 1. The number of nitro groups is 1. The van der Waals surface area contributed by atoms with Gasteiger partial charge < -0.3 is 0 Å². The Bertz CT molecular complexity index is 465. The van der Waals surface area contributed by atoms with Crippen molar-refractivity contribution in [2.24, 2.45) is 0 Å². The largest absolute Gasteiger partial charge is 0.309 e. The minimum absolute atomic E-state index is 0.0365. The second-order valence-electron chi connectivity index (χ2n) is 2.69. The van der Waals surface area contributed by atoms with Crippen molar-refractivity contribution in [1.29, 1.82) is 5.26 Å². The first-order chi connectivity index (χ1) is 7.11. The van der Waals surface area contributed by atoms with Crippen LogP contribution in [0.15, 0.2) is 12.1 Å². The summed E-state index contributed by atoms with van der Waals surface area (Å²) in [5.41, 5.74) is -1.23. The number of carbonyl (C=O) groups is 1. The van der Waals surface area contributed by atoms with Crippen LogP contribution in [0.3, 0.4) is 0 Å². The van der Waals surface area contributed by atoms with Crippen LogP contribution >= 0.6 is 0 Å². The first-order valence-corrected chi connectivity index (χ1v) is 3.89. The van der Waals surface area contributed by atoms with Gasteiger partial charge in [0.2, 0.25) is 5.82 Å². The van der Waals surface area contributed by atoms with Crippen molar-refractivity contribution in [2.75, 3.05) is 0 Å². The second kappa shape index (κ2) is 4.28. The van der Waals surface area contributed by atoms with E-state index in [-0.39, 0.29) is 23.8 Å². The lowest BCUT2D eigenvalue weighted by Gasteiger charge is -2.01. The van der Waals surface area contributed by atoms with Crippen molar-refractivity contribution in [2.45, 2.75) is 6.42 Å². The fraction of sp³-hybridized carbons (Fsp3) is 0.111. The van der Waals surface area contributed by atoms with Crippen molar-refractivity contribution in [3.63, 3.8) is 0 Å². The van der Waals surface area contributed by atoms with E-state index in [2.05, 4.69) is 0 Å². The highest BCUT2D eigenvalue weighted by Gasteiger charge is 2.22. The van der Waals surface area contributed by atoms with Crippen LogP contribution in [0.25, 0.3) is 0 Å². The molecule has 0 spiro atoms. The number of hydrogen-bond acceptors (Lipinski definition) is 4. The Morgan fingerprint density at radius 2 is 2.27 bits per heavy atom. The van der Waals surface area contributed by atoms with E-state index in [1.165, 1.54) is 6.07 Å². The van der Waals surface area contributed by atoms with Crippen molar-refractivity contribution in [3.8, 4) is 6.07 Å². The van der Waals surface area contributed by atoms with Gasteiger partial charge in [0.15, 0.2) is 6.29 Å². The lowest BCUT2D eigenvalue weighted by Crippen LogP contribution is -2.01. The predicted octanol–water partition coefficient (Wildman–Crippen LogP) is 1.61. The Kier molecular flexibility index (Phi) is 3.08. The maximum absolute atomic E-state index is 13.3. The molecule has 15 heavy (non-hydrogen) atoms. The monoisotopic (exact) mass is 208 g/mol. The van der Waals surface area contributed by atoms with Gasteiger partial charge >= 0.3 is 5.69 Å². The molecule has 0 fully saturated rings. The van der Waals surface area contributed by atoms with Crippen LogP contribution < -0.4 is 0 Å². The Balaban J connectivity index is 3.45. The van der Waals surface area contributed by atoms with Crippen LogP contribution in [-0.4, -0.2) is 11.2 Å². The number of hydrogen-bond donors (Lipinski definition) is 0. The molecule has 0 radical (unpaired) electrons. The van der Waals surface area contributed by atoms with Crippen molar-refractivity contribution in [1.82, 2.24) is 0 Å². The Morgan fingerprint density at radius 1 is 1.60 bits per heavy atom. The van der Waals surface area contributed by atoms with Gasteiger partial charge in [-0.15, -0.1) is 0 Å². The molecule has 1 rings (SSSR count). The van der Waals surface area contributed by atoms with E-state index < -0.39 is 16.4 Å². The molecule has 0 bridgehead atoms. The molecule has 1 aromatic carbocycles. The summed E-state index contributed by atoms with van der Waals surface area (Å²) in [5.74, 6) is -1.19. The van der Waals surface area contributed by atoms with Crippen molar-refractivity contribution < 1.29 is 14.1 Å². The van der Waals surface area contributed by atoms with Crippen molar-refractivity contribution in [3.05, 3.63) is 39.2 Å². The quantitative estimate of drug-likeness (QED) is 0.429. The van der Waals surface area contributed by atoms with E-state index >= 15 is 0 Å². The van der Waals surface area contributed by atoms with Gasteiger partial charge in [-0.2, -0.15) is 9.65 Å². The molecular formula is C9H5FN2O3. The molecule has 0 aliphatic rings. The van der Waals surface area contributed by atoms with E-state index in [4.69, 9.17) is 5.26 Å². The van der Waals surface area contributed by atoms with Gasteiger partial charge in [0.05, 0.1) is 23.0 Å². The molecule has 76 valence electrons. The normalized spacial score (nSPS) is 9.33. The van der Waals surface area contributed by atoms with E-state index in [0.717, 1.165) is 6.07 Å². The van der Waals surface area contributed by atoms with Crippen LogP contribution in [0.1, 0.15) is 15.9 Å². The highest BCUT2D eigenvalue weighted by molar-refractivity contribution is 5.77. The zero-order chi connectivity index (χ0) is 11.4. The Labute approximate surface area is 83.9 Å². The van der Waals surface area contributed by atoms with Crippen LogP contribution in [0.4, 0.5) is 10.1 Å². The molecule has 0 N–H and O–H groups in total. The highest BCUT2D eigenvalue weighted by atomic mass is 19.1. The van der Waals surface area contributed by atoms with E-state index in [9.17, 15) is 19.3 Å². The number of carbonyl (C=O) groups excluding carboxylic acids is 1. The van der Waals surface area contributed by atoms with Gasteiger partial charge in [-0.3, -0.25) is 14.9 Å². The predicted molar refractivity (Wildman–Crippen MR) is 47.8 cm³/mol. The van der Waals surface area contributed by atoms with Crippen LogP contribution in [0.2, 0.25) is 0 Å². The maximum atomic E-state index is 13.3. The number of halogens is 1. The van der Waals surface area contributed by atoms with Crippen LogP contribution in [-0.2, 0) is 6.42 Å². The van der Waals surface area contributed by atoms with Gasteiger partial charge in [-0.1, -0.05) is 6.07 Å². The van der Waals surface area contributed by atoms with Gasteiger partial charge in [-0.05, 0) is 6.07 Å². The third-order valence-electron chi connectivity index (χ3n) is 1.81. The van der Waals surface area contributed by atoms with Crippen molar-refractivity contribution >= 4 is 12.0 Å².